The van der Waals surface area contributed by atoms with Gasteiger partial charge in [-0.3, -0.25) is 4.79 Å². The predicted octanol–water partition coefficient (Wildman–Crippen LogP) is 2.59. The molecule has 1 aromatic rings. The molecule has 1 aliphatic carbocycles. The minimum absolute atomic E-state index is 0.145. The molecule has 3 nitrogen and oxygen atoms in total. The van der Waals surface area contributed by atoms with Gasteiger partial charge in [0.25, 0.3) is 0 Å². The molecule has 1 fully saturated rings. The molecule has 104 valence electrons. The van der Waals surface area contributed by atoms with Crippen LogP contribution < -0.4 is 0 Å². The fraction of sp³-hybridized carbons (Fsp3) is 0.562. The Balaban J connectivity index is 1.79. The number of benzene rings is 1. The van der Waals surface area contributed by atoms with Gasteiger partial charge in [0.1, 0.15) is 0 Å². The van der Waals surface area contributed by atoms with Crippen LogP contribution >= 0.6 is 0 Å². The molecule has 2 rings (SSSR count). The van der Waals surface area contributed by atoms with Gasteiger partial charge in [-0.05, 0) is 37.2 Å². The molecule has 1 aliphatic rings. The van der Waals surface area contributed by atoms with Crippen molar-refractivity contribution in [3.63, 3.8) is 0 Å². The highest BCUT2D eigenvalue weighted by Crippen LogP contribution is 2.27. The molecular formula is C16H23NO2. The standard InChI is InChI=1S/C16H23NO2/c1-17(12-14-5-3-2-4-6-14)16(19)11-13-7-9-15(18)10-8-13/h2-6,13,15,18H,7-12H2,1H3. The summed E-state index contributed by atoms with van der Waals surface area (Å²) in [6.07, 6.45) is 4.13. The minimum atomic E-state index is -0.145. The number of aliphatic hydroxyl groups excluding tert-OH is 1. The van der Waals surface area contributed by atoms with Crippen molar-refractivity contribution in [3.05, 3.63) is 35.9 Å². The van der Waals surface area contributed by atoms with Gasteiger partial charge in [0.05, 0.1) is 6.10 Å². The fourth-order valence-electron chi connectivity index (χ4n) is 2.70. The molecule has 0 unspecified atom stereocenters. The molecule has 0 saturated heterocycles. The van der Waals surface area contributed by atoms with Crippen LogP contribution in [0.15, 0.2) is 30.3 Å². The third-order valence-corrected chi connectivity index (χ3v) is 3.97. The van der Waals surface area contributed by atoms with Crippen LogP contribution in [0.2, 0.25) is 0 Å². The summed E-state index contributed by atoms with van der Waals surface area (Å²) in [5.41, 5.74) is 1.16. The van der Waals surface area contributed by atoms with Crippen molar-refractivity contribution in [1.29, 1.82) is 0 Å². The number of hydrogen-bond donors (Lipinski definition) is 1. The van der Waals surface area contributed by atoms with E-state index in [1.807, 2.05) is 37.4 Å². The van der Waals surface area contributed by atoms with Crippen LogP contribution in [0.1, 0.15) is 37.7 Å². The second-order valence-corrected chi connectivity index (χ2v) is 5.61. The molecule has 3 heteroatoms. The lowest BCUT2D eigenvalue weighted by molar-refractivity contribution is -0.131. The normalized spacial score (nSPS) is 23.1. The summed E-state index contributed by atoms with van der Waals surface area (Å²) in [4.78, 5) is 14.0. The lowest BCUT2D eigenvalue weighted by Gasteiger charge is -2.26. The number of nitrogens with zero attached hydrogens (tertiary/aromatic N) is 1. The molecular weight excluding hydrogens is 238 g/mol. The number of amides is 1. The van der Waals surface area contributed by atoms with E-state index in [1.165, 1.54) is 0 Å². The van der Waals surface area contributed by atoms with Crippen molar-refractivity contribution in [3.8, 4) is 0 Å². The molecule has 0 spiro atoms. The van der Waals surface area contributed by atoms with E-state index in [-0.39, 0.29) is 12.0 Å². The van der Waals surface area contributed by atoms with Gasteiger partial charge in [-0.15, -0.1) is 0 Å². The van der Waals surface area contributed by atoms with Crippen molar-refractivity contribution < 1.29 is 9.90 Å². The average Bonchev–Trinajstić information content (AvgIpc) is 2.42. The third kappa shape index (κ3) is 4.35. The molecule has 19 heavy (non-hydrogen) atoms. The first kappa shape index (κ1) is 14.1. The van der Waals surface area contributed by atoms with Crippen LogP contribution in [0.5, 0.6) is 0 Å². The summed E-state index contributed by atoms with van der Waals surface area (Å²) in [6, 6.07) is 10.1. The number of rotatable bonds is 4. The first-order chi connectivity index (χ1) is 9.15. The topological polar surface area (TPSA) is 40.5 Å². The van der Waals surface area contributed by atoms with Gasteiger partial charge in [-0.2, -0.15) is 0 Å². The number of carbonyl (C=O) groups is 1. The van der Waals surface area contributed by atoms with Gasteiger partial charge >= 0.3 is 0 Å². The first-order valence-electron chi connectivity index (χ1n) is 7.11. The summed E-state index contributed by atoms with van der Waals surface area (Å²) in [5, 5.41) is 9.47. The van der Waals surface area contributed by atoms with Crippen LogP contribution in [-0.4, -0.2) is 29.1 Å². The van der Waals surface area contributed by atoms with E-state index in [1.54, 1.807) is 4.90 Å². The molecule has 0 aromatic heterocycles. The van der Waals surface area contributed by atoms with Crippen molar-refractivity contribution in [2.45, 2.75) is 44.8 Å². The summed E-state index contributed by atoms with van der Waals surface area (Å²) < 4.78 is 0. The Morgan fingerprint density at radius 1 is 1.21 bits per heavy atom. The van der Waals surface area contributed by atoms with Gasteiger partial charge in [0.2, 0.25) is 5.91 Å². The maximum Gasteiger partial charge on any atom is 0.222 e. The lowest BCUT2D eigenvalue weighted by Crippen LogP contribution is -2.29. The van der Waals surface area contributed by atoms with Gasteiger partial charge in [0, 0.05) is 20.0 Å². The highest BCUT2D eigenvalue weighted by atomic mass is 16.3. The van der Waals surface area contributed by atoms with Crippen molar-refractivity contribution in [2.75, 3.05) is 7.05 Å². The molecule has 1 aromatic carbocycles. The predicted molar refractivity (Wildman–Crippen MR) is 75.5 cm³/mol. The Kier molecular flexibility index (Phi) is 4.97. The Morgan fingerprint density at radius 2 is 1.84 bits per heavy atom. The van der Waals surface area contributed by atoms with E-state index in [2.05, 4.69) is 0 Å². The molecule has 0 heterocycles. The quantitative estimate of drug-likeness (QED) is 0.905. The Hall–Kier alpha value is -1.35. The Morgan fingerprint density at radius 3 is 2.47 bits per heavy atom. The van der Waals surface area contributed by atoms with Crippen LogP contribution in [0, 0.1) is 5.92 Å². The van der Waals surface area contributed by atoms with E-state index in [9.17, 15) is 9.90 Å². The maximum absolute atomic E-state index is 12.2. The van der Waals surface area contributed by atoms with E-state index < -0.39 is 0 Å². The number of hydrogen-bond acceptors (Lipinski definition) is 2. The SMILES string of the molecule is CN(Cc1ccccc1)C(=O)CC1CCC(O)CC1. The van der Waals surface area contributed by atoms with Gasteiger partial charge in [-0.1, -0.05) is 30.3 Å². The highest BCUT2D eigenvalue weighted by Gasteiger charge is 2.22. The Labute approximate surface area is 115 Å². The van der Waals surface area contributed by atoms with Crippen LogP contribution in [0.3, 0.4) is 0 Å². The maximum atomic E-state index is 12.2. The second-order valence-electron chi connectivity index (χ2n) is 5.61. The highest BCUT2D eigenvalue weighted by molar-refractivity contribution is 5.76. The van der Waals surface area contributed by atoms with Crippen LogP contribution in [0.25, 0.3) is 0 Å². The van der Waals surface area contributed by atoms with E-state index >= 15 is 0 Å². The number of aliphatic hydroxyl groups is 1. The van der Waals surface area contributed by atoms with E-state index in [0.29, 0.717) is 18.9 Å². The zero-order valence-corrected chi connectivity index (χ0v) is 11.6. The largest absolute Gasteiger partial charge is 0.393 e. The molecule has 1 amide bonds. The first-order valence-corrected chi connectivity index (χ1v) is 7.11. The summed E-state index contributed by atoms with van der Waals surface area (Å²) in [7, 11) is 1.87. The summed E-state index contributed by atoms with van der Waals surface area (Å²) in [5.74, 6) is 0.666. The second kappa shape index (κ2) is 6.71. The van der Waals surface area contributed by atoms with Gasteiger partial charge in [0.15, 0.2) is 0 Å². The van der Waals surface area contributed by atoms with E-state index in [0.717, 1.165) is 31.2 Å². The molecule has 0 aliphatic heterocycles. The molecule has 0 atom stereocenters. The van der Waals surface area contributed by atoms with Crippen LogP contribution in [0.4, 0.5) is 0 Å². The average molecular weight is 261 g/mol. The van der Waals surface area contributed by atoms with Crippen molar-refractivity contribution >= 4 is 5.91 Å². The van der Waals surface area contributed by atoms with Crippen molar-refractivity contribution in [2.24, 2.45) is 5.92 Å². The third-order valence-electron chi connectivity index (χ3n) is 3.97. The smallest absolute Gasteiger partial charge is 0.222 e. The Bertz CT molecular complexity index is 396. The monoisotopic (exact) mass is 261 g/mol. The fourth-order valence-corrected chi connectivity index (χ4v) is 2.70. The zero-order valence-electron chi connectivity index (χ0n) is 11.6. The van der Waals surface area contributed by atoms with E-state index in [4.69, 9.17) is 0 Å². The minimum Gasteiger partial charge on any atom is -0.393 e. The van der Waals surface area contributed by atoms with Gasteiger partial charge in [-0.25, -0.2) is 0 Å². The molecule has 0 bridgehead atoms. The van der Waals surface area contributed by atoms with Crippen molar-refractivity contribution in [1.82, 2.24) is 4.90 Å². The van der Waals surface area contributed by atoms with Gasteiger partial charge < -0.3 is 10.0 Å². The summed E-state index contributed by atoms with van der Waals surface area (Å²) >= 11 is 0. The summed E-state index contributed by atoms with van der Waals surface area (Å²) in [6.45, 7) is 0.676. The molecule has 0 radical (unpaired) electrons. The lowest BCUT2D eigenvalue weighted by atomic mass is 9.85. The number of carbonyl (C=O) groups excluding carboxylic acids is 1. The molecule has 1 N–H and O–H groups in total. The van der Waals surface area contributed by atoms with Crippen LogP contribution in [-0.2, 0) is 11.3 Å². The zero-order chi connectivity index (χ0) is 13.7. The molecule has 1 saturated carbocycles.